The summed E-state index contributed by atoms with van der Waals surface area (Å²) in [6.45, 7) is 5.82. The number of halogens is 2. The van der Waals surface area contributed by atoms with Crippen molar-refractivity contribution in [1.29, 1.82) is 0 Å². The molecule has 0 fully saturated rings. The molecular formula is C19H20Cl2N6O2S2. The molecule has 2 N–H and O–H groups in total. The molecule has 8 nitrogen and oxygen atoms in total. The Morgan fingerprint density at radius 1 is 1.23 bits per heavy atom. The number of thioether (sulfide) groups is 1. The van der Waals surface area contributed by atoms with Gasteiger partial charge in [0.25, 0.3) is 5.91 Å². The number of benzene rings is 1. The second-order valence-electron chi connectivity index (χ2n) is 6.68. The molecule has 12 heteroatoms. The monoisotopic (exact) mass is 498 g/mol. The molecule has 0 aliphatic rings. The highest BCUT2D eigenvalue weighted by Crippen LogP contribution is 2.25. The van der Waals surface area contributed by atoms with Gasteiger partial charge in [0, 0.05) is 17.5 Å². The summed E-state index contributed by atoms with van der Waals surface area (Å²) >= 11 is 14.6. The van der Waals surface area contributed by atoms with E-state index in [1.165, 1.54) is 29.2 Å². The van der Waals surface area contributed by atoms with Crippen molar-refractivity contribution in [3.63, 3.8) is 0 Å². The van der Waals surface area contributed by atoms with Crippen LogP contribution in [0.4, 0.5) is 5.13 Å². The van der Waals surface area contributed by atoms with E-state index >= 15 is 0 Å². The molecule has 0 bridgehead atoms. The minimum atomic E-state index is -0.411. The molecule has 3 aromatic rings. The van der Waals surface area contributed by atoms with E-state index in [1.807, 2.05) is 13.8 Å². The Bertz CT molecular complexity index is 1110. The van der Waals surface area contributed by atoms with Crippen LogP contribution in [0.1, 0.15) is 33.7 Å². The van der Waals surface area contributed by atoms with Gasteiger partial charge in [-0.25, -0.2) is 4.98 Å². The zero-order chi connectivity index (χ0) is 22.7. The summed E-state index contributed by atoms with van der Waals surface area (Å²) < 4.78 is 1.74. The van der Waals surface area contributed by atoms with Gasteiger partial charge in [0.2, 0.25) is 5.91 Å². The fourth-order valence-corrected chi connectivity index (χ4v) is 4.39. The Kier molecular flexibility index (Phi) is 7.58. The van der Waals surface area contributed by atoms with Crippen LogP contribution in [0.3, 0.4) is 0 Å². The predicted molar refractivity (Wildman–Crippen MR) is 124 cm³/mol. The first-order valence-corrected chi connectivity index (χ1v) is 11.6. The molecule has 0 aliphatic heterocycles. The van der Waals surface area contributed by atoms with Gasteiger partial charge in [-0.3, -0.25) is 9.59 Å². The first-order chi connectivity index (χ1) is 14.7. The fraction of sp³-hybridized carbons (Fsp3) is 0.316. The van der Waals surface area contributed by atoms with Crippen LogP contribution in [0.5, 0.6) is 0 Å². The van der Waals surface area contributed by atoms with Crippen LogP contribution in [0.2, 0.25) is 10.0 Å². The Hall–Kier alpha value is -2.14. The second-order valence-corrected chi connectivity index (χ2v) is 10.0. The van der Waals surface area contributed by atoms with Crippen molar-refractivity contribution in [2.24, 2.45) is 7.05 Å². The number of anilines is 1. The molecule has 1 unspecified atom stereocenters. The van der Waals surface area contributed by atoms with E-state index in [2.05, 4.69) is 25.8 Å². The van der Waals surface area contributed by atoms with E-state index in [0.29, 0.717) is 31.7 Å². The summed E-state index contributed by atoms with van der Waals surface area (Å²) in [6, 6.07) is 4.66. The number of aromatic nitrogens is 4. The third kappa shape index (κ3) is 5.76. The maximum absolute atomic E-state index is 12.5. The number of carbonyl (C=O) groups is 2. The summed E-state index contributed by atoms with van der Waals surface area (Å²) in [5.41, 5.74) is 1.30. The summed E-state index contributed by atoms with van der Waals surface area (Å²) in [4.78, 5) is 30.2. The Balaban J connectivity index is 1.58. The minimum Gasteiger partial charge on any atom is -0.345 e. The standard InChI is InChI=1S/C19H20Cl2N6O2S2/c1-9-10(2)30-18(23-9)24-16(28)11(3)31-19-26-25-15(27(19)4)8-22-17(29)12-5-6-13(20)14(21)7-12/h5-7,11H,8H2,1-4H3,(H,22,29)(H,23,24,28). The molecule has 2 aromatic heterocycles. The largest absolute Gasteiger partial charge is 0.345 e. The zero-order valence-electron chi connectivity index (χ0n) is 17.2. The lowest BCUT2D eigenvalue weighted by atomic mass is 10.2. The highest BCUT2D eigenvalue weighted by Gasteiger charge is 2.20. The molecule has 0 aliphatic carbocycles. The van der Waals surface area contributed by atoms with Crippen LogP contribution in [0.25, 0.3) is 0 Å². The van der Waals surface area contributed by atoms with E-state index in [4.69, 9.17) is 23.2 Å². The highest BCUT2D eigenvalue weighted by atomic mass is 35.5. The second kappa shape index (κ2) is 9.99. The van der Waals surface area contributed by atoms with Crippen molar-refractivity contribution in [1.82, 2.24) is 25.1 Å². The summed E-state index contributed by atoms with van der Waals surface area (Å²) in [5.74, 6) is 0.0726. The van der Waals surface area contributed by atoms with Crippen LogP contribution < -0.4 is 10.6 Å². The van der Waals surface area contributed by atoms with Crippen molar-refractivity contribution < 1.29 is 9.59 Å². The third-order valence-corrected chi connectivity index (χ3v) is 7.29. The van der Waals surface area contributed by atoms with Gasteiger partial charge < -0.3 is 15.2 Å². The number of nitrogens with one attached hydrogen (secondary N) is 2. The van der Waals surface area contributed by atoms with Gasteiger partial charge in [-0.05, 0) is 39.0 Å². The van der Waals surface area contributed by atoms with Gasteiger partial charge in [-0.2, -0.15) is 0 Å². The van der Waals surface area contributed by atoms with Gasteiger partial charge in [-0.1, -0.05) is 35.0 Å². The predicted octanol–water partition coefficient (Wildman–Crippen LogP) is 4.24. The normalized spacial score (nSPS) is 11.9. The number of amides is 2. The molecular weight excluding hydrogens is 479 g/mol. The zero-order valence-corrected chi connectivity index (χ0v) is 20.3. The Labute approximate surface area is 197 Å². The minimum absolute atomic E-state index is 0.168. The van der Waals surface area contributed by atoms with E-state index in [0.717, 1.165) is 10.6 Å². The van der Waals surface area contributed by atoms with Gasteiger partial charge in [0.15, 0.2) is 16.1 Å². The molecule has 164 valence electrons. The lowest BCUT2D eigenvalue weighted by molar-refractivity contribution is -0.115. The molecule has 1 atom stereocenters. The fourth-order valence-electron chi connectivity index (χ4n) is 2.45. The van der Waals surface area contributed by atoms with Crippen LogP contribution in [-0.2, 0) is 18.4 Å². The van der Waals surface area contributed by atoms with Gasteiger partial charge >= 0.3 is 0 Å². The molecule has 0 spiro atoms. The molecule has 1 aromatic carbocycles. The highest BCUT2D eigenvalue weighted by molar-refractivity contribution is 8.00. The average Bonchev–Trinajstić information content (AvgIpc) is 3.23. The van der Waals surface area contributed by atoms with E-state index in [9.17, 15) is 9.59 Å². The van der Waals surface area contributed by atoms with Crippen molar-refractivity contribution >= 4 is 63.2 Å². The maximum atomic E-state index is 12.5. The average molecular weight is 499 g/mol. The van der Waals surface area contributed by atoms with E-state index in [-0.39, 0.29) is 18.4 Å². The van der Waals surface area contributed by atoms with Crippen molar-refractivity contribution in [3.05, 3.63) is 50.2 Å². The molecule has 2 amide bonds. The van der Waals surface area contributed by atoms with Crippen LogP contribution in [0, 0.1) is 13.8 Å². The number of rotatable bonds is 7. The number of hydrogen-bond donors (Lipinski definition) is 2. The maximum Gasteiger partial charge on any atom is 0.251 e. The topological polar surface area (TPSA) is 102 Å². The number of thiazole rings is 1. The Morgan fingerprint density at radius 2 is 1.97 bits per heavy atom. The first-order valence-electron chi connectivity index (χ1n) is 9.18. The van der Waals surface area contributed by atoms with E-state index < -0.39 is 5.25 Å². The smallest absolute Gasteiger partial charge is 0.251 e. The molecule has 3 rings (SSSR count). The summed E-state index contributed by atoms with van der Waals surface area (Å²) in [5, 5.41) is 15.3. The lowest BCUT2D eigenvalue weighted by Crippen LogP contribution is -2.25. The number of hydrogen-bond acceptors (Lipinski definition) is 7. The lowest BCUT2D eigenvalue weighted by Gasteiger charge is -2.10. The summed E-state index contributed by atoms with van der Waals surface area (Å²) in [6.07, 6.45) is 0. The first kappa shape index (κ1) is 23.5. The summed E-state index contributed by atoms with van der Waals surface area (Å²) in [7, 11) is 1.78. The van der Waals surface area contributed by atoms with E-state index in [1.54, 1.807) is 30.7 Å². The Morgan fingerprint density at radius 3 is 2.61 bits per heavy atom. The van der Waals surface area contributed by atoms with Crippen molar-refractivity contribution in [2.45, 2.75) is 37.7 Å². The van der Waals surface area contributed by atoms with Gasteiger partial charge in [-0.15, -0.1) is 21.5 Å². The third-order valence-electron chi connectivity index (χ3n) is 4.42. The molecule has 31 heavy (non-hydrogen) atoms. The number of nitrogens with zero attached hydrogens (tertiary/aromatic N) is 4. The SMILES string of the molecule is Cc1nc(NC(=O)C(C)Sc2nnc(CNC(=O)c3ccc(Cl)c(Cl)c3)n2C)sc1C. The van der Waals surface area contributed by atoms with Gasteiger partial charge in [0.05, 0.1) is 27.5 Å². The van der Waals surface area contributed by atoms with Crippen LogP contribution in [-0.4, -0.2) is 36.8 Å². The molecule has 0 saturated heterocycles. The van der Waals surface area contributed by atoms with Gasteiger partial charge in [0.1, 0.15) is 0 Å². The van der Waals surface area contributed by atoms with Crippen molar-refractivity contribution in [3.8, 4) is 0 Å². The van der Waals surface area contributed by atoms with Crippen LogP contribution in [0.15, 0.2) is 23.4 Å². The molecule has 0 radical (unpaired) electrons. The number of carbonyl (C=O) groups excluding carboxylic acids is 2. The molecule has 0 saturated carbocycles. The molecule has 2 heterocycles. The van der Waals surface area contributed by atoms with Crippen LogP contribution >= 0.6 is 46.3 Å². The number of aryl methyl sites for hydroxylation is 2. The van der Waals surface area contributed by atoms with Crippen molar-refractivity contribution in [2.75, 3.05) is 5.32 Å². The quantitative estimate of drug-likeness (QED) is 0.472.